The Morgan fingerprint density at radius 3 is 1.18 bits per heavy atom. The summed E-state index contributed by atoms with van der Waals surface area (Å²) < 4.78 is 47.7. The van der Waals surface area contributed by atoms with Crippen LogP contribution in [0.4, 0.5) is 0 Å². The fraction of sp³-hybridized carbons (Fsp3) is 0.870. The van der Waals surface area contributed by atoms with Gasteiger partial charge in [-0.15, -0.1) is 6.42 Å². The van der Waals surface area contributed by atoms with Crippen LogP contribution >= 0.6 is 0 Å². The summed E-state index contributed by atoms with van der Waals surface area (Å²) in [6.45, 7) is 12.3. The lowest BCUT2D eigenvalue weighted by molar-refractivity contribution is -0.160. The number of terminal acetylenes is 1. The van der Waals surface area contributed by atoms with Crippen molar-refractivity contribution in [2.24, 2.45) is 0 Å². The molecule has 0 bridgehead atoms. The van der Waals surface area contributed by atoms with E-state index in [0.717, 1.165) is 0 Å². The zero-order valence-electron chi connectivity index (χ0n) is 20.5. The van der Waals surface area contributed by atoms with Crippen LogP contribution in [0.25, 0.3) is 0 Å². The molecule has 0 N–H and O–H groups in total. The van der Waals surface area contributed by atoms with E-state index in [1.54, 1.807) is 0 Å². The monoisotopic (exact) mass is 478 g/mol. The Hall–Kier alpha value is -1.29. The van der Waals surface area contributed by atoms with E-state index in [1.807, 2.05) is 20.8 Å². The molecule has 33 heavy (non-hydrogen) atoms. The van der Waals surface area contributed by atoms with Crippen LogP contribution in [0.2, 0.25) is 0 Å². The number of rotatable bonds is 24. The van der Waals surface area contributed by atoms with Crippen LogP contribution in [-0.4, -0.2) is 117 Å². The van der Waals surface area contributed by atoms with Gasteiger partial charge in [0.1, 0.15) is 18.8 Å². The third-order valence-electron chi connectivity index (χ3n) is 3.43. The van der Waals surface area contributed by atoms with Crippen molar-refractivity contribution in [3.05, 3.63) is 0 Å². The van der Waals surface area contributed by atoms with Gasteiger partial charge in [0.25, 0.3) is 0 Å². The molecule has 0 aliphatic carbocycles. The summed E-state index contributed by atoms with van der Waals surface area (Å²) in [5.74, 6) is 2.00. The molecule has 0 aromatic rings. The summed E-state index contributed by atoms with van der Waals surface area (Å²) >= 11 is 0. The van der Waals surface area contributed by atoms with Crippen molar-refractivity contribution in [3.8, 4) is 12.3 Å². The minimum Gasteiger partial charge on any atom is -0.458 e. The molecule has 0 heterocycles. The first-order valence-corrected chi connectivity index (χ1v) is 11.2. The predicted molar refractivity (Wildman–Crippen MR) is 121 cm³/mol. The van der Waals surface area contributed by atoms with E-state index in [0.29, 0.717) is 99.1 Å². The molecule has 0 rings (SSSR count). The number of esters is 1. The molecule has 0 amide bonds. The second-order valence-electron chi connectivity index (χ2n) is 7.57. The maximum absolute atomic E-state index is 11.4. The topological polar surface area (TPSA) is 100 Å². The van der Waals surface area contributed by atoms with Gasteiger partial charge in [0.15, 0.2) is 0 Å². The van der Waals surface area contributed by atoms with Gasteiger partial charge in [-0.2, -0.15) is 0 Å². The molecule has 0 radical (unpaired) electrons. The van der Waals surface area contributed by atoms with Crippen LogP contribution in [0.5, 0.6) is 0 Å². The van der Waals surface area contributed by atoms with E-state index in [2.05, 4.69) is 5.92 Å². The molecule has 0 aromatic heterocycles. The molecular weight excluding hydrogens is 436 g/mol. The molecule has 0 saturated heterocycles. The quantitative estimate of drug-likeness (QED) is 0.114. The Bertz CT molecular complexity index is 473. The average molecular weight is 479 g/mol. The van der Waals surface area contributed by atoms with Gasteiger partial charge >= 0.3 is 5.97 Å². The highest BCUT2D eigenvalue weighted by Crippen LogP contribution is 2.06. The molecule has 0 aliphatic heterocycles. The summed E-state index contributed by atoms with van der Waals surface area (Å²) in [5.41, 5.74) is -0.504. The molecular formula is C23H42O10. The molecule has 194 valence electrons. The van der Waals surface area contributed by atoms with Crippen LogP contribution in [-0.2, 0) is 47.4 Å². The van der Waals surface area contributed by atoms with Crippen molar-refractivity contribution in [3.63, 3.8) is 0 Å². The second-order valence-corrected chi connectivity index (χ2v) is 7.57. The van der Waals surface area contributed by atoms with Gasteiger partial charge in [-0.05, 0) is 20.8 Å². The predicted octanol–water partition coefficient (Wildman–Crippen LogP) is 1.09. The van der Waals surface area contributed by atoms with Gasteiger partial charge in [-0.25, -0.2) is 4.79 Å². The highest BCUT2D eigenvalue weighted by atomic mass is 16.6. The number of carbonyl (C=O) groups is 1. The third-order valence-corrected chi connectivity index (χ3v) is 3.43. The van der Waals surface area contributed by atoms with Crippen molar-refractivity contribution in [1.29, 1.82) is 0 Å². The molecule has 0 fully saturated rings. The van der Waals surface area contributed by atoms with Gasteiger partial charge in [0.05, 0.1) is 92.5 Å². The molecule has 0 saturated carbocycles. The first kappa shape index (κ1) is 31.7. The summed E-state index contributed by atoms with van der Waals surface area (Å²) in [7, 11) is 0. The van der Waals surface area contributed by atoms with E-state index in [-0.39, 0.29) is 12.6 Å². The smallest absolute Gasteiger partial charge is 0.332 e. The van der Waals surface area contributed by atoms with Crippen molar-refractivity contribution in [2.75, 3.05) is 106 Å². The fourth-order valence-electron chi connectivity index (χ4n) is 2.09. The van der Waals surface area contributed by atoms with Crippen LogP contribution in [0.3, 0.4) is 0 Å². The van der Waals surface area contributed by atoms with Gasteiger partial charge in [0.2, 0.25) is 0 Å². The standard InChI is InChI=1S/C23H42O10/c1-5-6-25-7-8-26-9-10-27-11-12-28-13-14-29-15-16-30-17-18-31-19-20-32-21-22(24)33-23(2,3)4/h1H,6-21H2,2-4H3. The molecule has 0 aliphatic rings. The Kier molecular flexibility index (Phi) is 22.9. The van der Waals surface area contributed by atoms with E-state index < -0.39 is 5.60 Å². The average Bonchev–Trinajstić information content (AvgIpc) is 2.75. The van der Waals surface area contributed by atoms with Crippen LogP contribution < -0.4 is 0 Å². The van der Waals surface area contributed by atoms with Gasteiger partial charge in [-0.1, -0.05) is 5.92 Å². The Morgan fingerprint density at radius 1 is 0.576 bits per heavy atom. The third kappa shape index (κ3) is 28.7. The molecule has 10 heteroatoms. The lowest BCUT2D eigenvalue weighted by atomic mass is 10.2. The zero-order valence-corrected chi connectivity index (χ0v) is 20.5. The second kappa shape index (κ2) is 23.9. The van der Waals surface area contributed by atoms with E-state index >= 15 is 0 Å². The van der Waals surface area contributed by atoms with Crippen LogP contribution in [0.1, 0.15) is 20.8 Å². The molecule has 10 nitrogen and oxygen atoms in total. The zero-order chi connectivity index (χ0) is 24.5. The Balaban J connectivity index is 3.11. The van der Waals surface area contributed by atoms with Crippen molar-refractivity contribution in [2.45, 2.75) is 26.4 Å². The summed E-state index contributed by atoms with van der Waals surface area (Å²) in [6, 6.07) is 0. The van der Waals surface area contributed by atoms with Crippen LogP contribution in [0.15, 0.2) is 0 Å². The van der Waals surface area contributed by atoms with Gasteiger partial charge < -0.3 is 42.6 Å². The van der Waals surface area contributed by atoms with Gasteiger partial charge in [-0.3, -0.25) is 0 Å². The largest absolute Gasteiger partial charge is 0.458 e. The normalized spacial score (nSPS) is 11.5. The van der Waals surface area contributed by atoms with E-state index in [9.17, 15) is 4.79 Å². The van der Waals surface area contributed by atoms with Crippen molar-refractivity contribution in [1.82, 2.24) is 0 Å². The molecule has 0 spiro atoms. The first-order chi connectivity index (χ1) is 16.0. The lowest BCUT2D eigenvalue weighted by Crippen LogP contribution is -2.27. The first-order valence-electron chi connectivity index (χ1n) is 11.2. The fourth-order valence-corrected chi connectivity index (χ4v) is 2.09. The molecule has 0 atom stereocenters. The summed E-state index contributed by atoms with van der Waals surface area (Å²) in [5, 5.41) is 0. The SMILES string of the molecule is C#CCOCCOCCOCCOCCOCCOCCOCCOCC(=O)OC(C)(C)C. The number of ether oxygens (including phenoxy) is 9. The number of hydrogen-bond donors (Lipinski definition) is 0. The minimum atomic E-state index is -0.504. The Morgan fingerprint density at radius 2 is 0.879 bits per heavy atom. The van der Waals surface area contributed by atoms with Gasteiger partial charge in [0, 0.05) is 0 Å². The van der Waals surface area contributed by atoms with Crippen molar-refractivity contribution >= 4 is 5.97 Å². The van der Waals surface area contributed by atoms with Crippen LogP contribution in [0, 0.1) is 12.3 Å². The summed E-state index contributed by atoms with van der Waals surface area (Å²) in [6.07, 6.45) is 5.06. The summed E-state index contributed by atoms with van der Waals surface area (Å²) in [4.78, 5) is 11.4. The molecule has 0 unspecified atom stereocenters. The van der Waals surface area contributed by atoms with E-state index in [1.165, 1.54) is 0 Å². The Labute approximate surface area is 198 Å². The van der Waals surface area contributed by atoms with Crippen molar-refractivity contribution < 1.29 is 47.4 Å². The maximum Gasteiger partial charge on any atom is 0.332 e. The highest BCUT2D eigenvalue weighted by Gasteiger charge is 2.15. The highest BCUT2D eigenvalue weighted by molar-refractivity contribution is 5.71. The van der Waals surface area contributed by atoms with E-state index in [4.69, 9.17) is 49.1 Å². The number of hydrogen-bond acceptors (Lipinski definition) is 10. The molecule has 0 aromatic carbocycles. The maximum atomic E-state index is 11.4. The minimum absolute atomic E-state index is 0.0784. The lowest BCUT2D eigenvalue weighted by Gasteiger charge is -2.19. The number of carbonyl (C=O) groups excluding carboxylic acids is 1.